The first-order valence-electron chi connectivity index (χ1n) is 6.83. The maximum atomic E-state index is 12.1. The predicted molar refractivity (Wildman–Crippen MR) is 80.3 cm³/mol. The molecule has 1 atom stereocenters. The minimum atomic E-state index is -1.04. The molecule has 0 radical (unpaired) electrons. The third kappa shape index (κ3) is 3.09. The number of hydrogen-bond acceptors (Lipinski definition) is 5. The van der Waals surface area contributed by atoms with Crippen molar-refractivity contribution >= 4 is 23.2 Å². The summed E-state index contributed by atoms with van der Waals surface area (Å²) in [6, 6.07) is 7.60. The summed E-state index contributed by atoms with van der Waals surface area (Å²) in [7, 11) is 0. The quantitative estimate of drug-likeness (QED) is 0.872. The van der Waals surface area contributed by atoms with Crippen LogP contribution >= 0.6 is 11.3 Å². The van der Waals surface area contributed by atoms with Crippen LogP contribution in [0.1, 0.15) is 21.1 Å². The number of hydrogen-bond donors (Lipinski definition) is 2. The van der Waals surface area contributed by atoms with Gasteiger partial charge in [0.25, 0.3) is 5.91 Å². The second-order valence-corrected chi connectivity index (χ2v) is 5.83. The van der Waals surface area contributed by atoms with Gasteiger partial charge in [-0.15, -0.1) is 11.3 Å². The zero-order valence-electron chi connectivity index (χ0n) is 11.6. The van der Waals surface area contributed by atoms with Crippen LogP contribution in [0.25, 0.3) is 0 Å². The van der Waals surface area contributed by atoms with Gasteiger partial charge in [-0.2, -0.15) is 0 Å². The van der Waals surface area contributed by atoms with E-state index in [9.17, 15) is 9.59 Å². The molecule has 22 heavy (non-hydrogen) atoms. The topological polar surface area (TPSA) is 88.5 Å². The lowest BCUT2D eigenvalue weighted by Gasteiger charge is -2.10. The Kier molecular flexibility index (Phi) is 4.06. The lowest BCUT2D eigenvalue weighted by Crippen LogP contribution is -2.38. The smallest absolute Gasteiger partial charge is 0.355 e. The number of carboxylic acid groups (broad SMARTS) is 1. The summed E-state index contributed by atoms with van der Waals surface area (Å²) in [6.07, 6.45) is 0.578. The molecular weight excluding hydrogens is 304 g/mol. The molecule has 0 saturated carbocycles. The minimum absolute atomic E-state index is 0.0425. The molecule has 2 N–H and O–H groups in total. The fraction of sp³-hybridized carbons (Fsp3) is 0.267. The van der Waals surface area contributed by atoms with Gasteiger partial charge < -0.3 is 15.2 Å². The normalized spacial score (nSPS) is 15.9. The number of carbonyl (C=O) groups excluding carboxylic acids is 1. The first-order chi connectivity index (χ1) is 10.6. The summed E-state index contributed by atoms with van der Waals surface area (Å²) >= 11 is 1.28. The average Bonchev–Trinajstić information content (AvgIpc) is 3.13. The number of aromatic carboxylic acids is 1. The third-order valence-electron chi connectivity index (χ3n) is 3.35. The van der Waals surface area contributed by atoms with Crippen LogP contribution in [0.15, 0.2) is 29.6 Å². The number of para-hydroxylation sites is 1. The lowest BCUT2D eigenvalue weighted by molar-refractivity contribution is -0.127. The van der Waals surface area contributed by atoms with Crippen LogP contribution in [-0.2, 0) is 17.6 Å². The van der Waals surface area contributed by atoms with E-state index in [4.69, 9.17) is 9.84 Å². The molecule has 1 unspecified atom stereocenters. The van der Waals surface area contributed by atoms with Crippen molar-refractivity contribution in [1.82, 2.24) is 10.3 Å². The molecule has 2 aromatic rings. The van der Waals surface area contributed by atoms with E-state index < -0.39 is 12.1 Å². The highest BCUT2D eigenvalue weighted by Gasteiger charge is 2.28. The second kappa shape index (κ2) is 6.15. The summed E-state index contributed by atoms with van der Waals surface area (Å²) in [5, 5.41) is 13.8. The number of fused-ring (bicyclic) bond motifs is 1. The minimum Gasteiger partial charge on any atom is -0.480 e. The van der Waals surface area contributed by atoms with Gasteiger partial charge in [-0.25, -0.2) is 9.78 Å². The number of thiazole rings is 1. The van der Waals surface area contributed by atoms with Gasteiger partial charge in [0.2, 0.25) is 0 Å². The summed E-state index contributed by atoms with van der Waals surface area (Å²) < 4.78 is 5.60. The van der Waals surface area contributed by atoms with Gasteiger partial charge in [-0.1, -0.05) is 18.2 Å². The number of ether oxygens (including phenoxy) is 1. The molecule has 114 valence electrons. The van der Waals surface area contributed by atoms with Crippen LogP contribution in [0.2, 0.25) is 0 Å². The summed E-state index contributed by atoms with van der Waals surface area (Å²) in [5.74, 6) is -0.441. The van der Waals surface area contributed by atoms with E-state index in [0.29, 0.717) is 24.4 Å². The van der Waals surface area contributed by atoms with Gasteiger partial charge >= 0.3 is 5.97 Å². The average molecular weight is 318 g/mol. The molecule has 0 bridgehead atoms. The highest BCUT2D eigenvalue weighted by atomic mass is 32.1. The molecule has 1 aromatic carbocycles. The molecule has 1 aromatic heterocycles. The Morgan fingerprint density at radius 2 is 2.23 bits per heavy atom. The van der Waals surface area contributed by atoms with Gasteiger partial charge in [0, 0.05) is 24.8 Å². The molecule has 0 saturated heterocycles. The number of nitrogens with one attached hydrogen (secondary N) is 1. The van der Waals surface area contributed by atoms with Crippen LogP contribution < -0.4 is 10.1 Å². The lowest BCUT2D eigenvalue weighted by atomic mass is 10.1. The number of aromatic nitrogens is 1. The van der Waals surface area contributed by atoms with Gasteiger partial charge in [0.05, 0.1) is 5.01 Å². The van der Waals surface area contributed by atoms with Crippen LogP contribution in [0, 0.1) is 0 Å². The van der Waals surface area contributed by atoms with E-state index in [-0.39, 0.29) is 11.6 Å². The first kappa shape index (κ1) is 14.5. The summed E-state index contributed by atoms with van der Waals surface area (Å²) in [4.78, 5) is 26.8. The Bertz CT molecular complexity index is 688. The van der Waals surface area contributed by atoms with Crippen LogP contribution in [0.3, 0.4) is 0 Å². The van der Waals surface area contributed by atoms with Crippen molar-refractivity contribution in [2.45, 2.75) is 18.9 Å². The van der Waals surface area contributed by atoms with Crippen molar-refractivity contribution in [3.05, 3.63) is 45.9 Å². The maximum absolute atomic E-state index is 12.1. The number of rotatable bonds is 5. The molecule has 0 fully saturated rings. The van der Waals surface area contributed by atoms with Gasteiger partial charge in [0.1, 0.15) is 5.75 Å². The van der Waals surface area contributed by atoms with E-state index in [2.05, 4.69) is 10.3 Å². The van der Waals surface area contributed by atoms with Crippen molar-refractivity contribution in [1.29, 1.82) is 0 Å². The standard InChI is InChI=1S/C15H14N2O4S/c18-14(12-7-9-3-1-2-4-11(9)21-12)16-6-5-13-17-10(8-22-13)15(19)20/h1-4,8,12H,5-7H2,(H,16,18)(H,19,20). The van der Waals surface area contributed by atoms with E-state index in [0.717, 1.165) is 11.3 Å². The SMILES string of the molecule is O=C(O)c1csc(CCNC(=O)C2Cc3ccccc3O2)n1. The summed E-state index contributed by atoms with van der Waals surface area (Å²) in [6.45, 7) is 0.404. The molecule has 1 aliphatic rings. The van der Waals surface area contributed by atoms with Crippen molar-refractivity contribution in [2.24, 2.45) is 0 Å². The largest absolute Gasteiger partial charge is 0.480 e. The van der Waals surface area contributed by atoms with E-state index in [1.54, 1.807) is 0 Å². The number of benzene rings is 1. The first-order valence-corrected chi connectivity index (χ1v) is 7.71. The summed E-state index contributed by atoms with van der Waals surface area (Å²) in [5.41, 5.74) is 1.08. The zero-order valence-corrected chi connectivity index (χ0v) is 12.4. The van der Waals surface area contributed by atoms with E-state index in [1.165, 1.54) is 16.7 Å². The molecule has 7 heteroatoms. The van der Waals surface area contributed by atoms with E-state index in [1.807, 2.05) is 24.3 Å². The maximum Gasteiger partial charge on any atom is 0.355 e. The fourth-order valence-electron chi connectivity index (χ4n) is 2.26. The van der Waals surface area contributed by atoms with Crippen LogP contribution in [0.4, 0.5) is 0 Å². The highest BCUT2D eigenvalue weighted by molar-refractivity contribution is 7.09. The molecule has 0 aliphatic carbocycles. The highest BCUT2D eigenvalue weighted by Crippen LogP contribution is 2.28. The molecule has 6 nitrogen and oxygen atoms in total. The van der Waals surface area contributed by atoms with Gasteiger partial charge in [0.15, 0.2) is 11.8 Å². The third-order valence-corrected chi connectivity index (χ3v) is 4.26. The zero-order chi connectivity index (χ0) is 15.5. The number of carboxylic acids is 1. The van der Waals surface area contributed by atoms with E-state index >= 15 is 0 Å². The second-order valence-electron chi connectivity index (χ2n) is 4.89. The molecular formula is C15H14N2O4S. The number of nitrogens with zero attached hydrogens (tertiary/aromatic N) is 1. The molecule has 1 aliphatic heterocycles. The monoisotopic (exact) mass is 318 g/mol. The number of carbonyl (C=O) groups is 2. The van der Waals surface area contributed by atoms with Crippen molar-refractivity contribution in [3.8, 4) is 5.75 Å². The Hall–Kier alpha value is -2.41. The van der Waals surface area contributed by atoms with Crippen molar-refractivity contribution in [3.63, 3.8) is 0 Å². The molecule has 2 heterocycles. The van der Waals surface area contributed by atoms with Crippen LogP contribution in [-0.4, -0.2) is 34.6 Å². The molecule has 0 spiro atoms. The van der Waals surface area contributed by atoms with Crippen molar-refractivity contribution in [2.75, 3.05) is 6.54 Å². The Morgan fingerprint density at radius 3 is 2.95 bits per heavy atom. The molecule has 1 amide bonds. The molecule has 3 rings (SSSR count). The Morgan fingerprint density at radius 1 is 1.41 bits per heavy atom. The van der Waals surface area contributed by atoms with Gasteiger partial charge in [-0.05, 0) is 11.6 Å². The Balaban J connectivity index is 1.48. The van der Waals surface area contributed by atoms with Crippen molar-refractivity contribution < 1.29 is 19.4 Å². The van der Waals surface area contributed by atoms with Gasteiger partial charge in [-0.3, -0.25) is 4.79 Å². The fourth-order valence-corrected chi connectivity index (χ4v) is 3.03. The predicted octanol–water partition coefficient (Wildman–Crippen LogP) is 1.50. The van der Waals surface area contributed by atoms with Crippen LogP contribution in [0.5, 0.6) is 5.75 Å². The number of amides is 1. The Labute approximate surface area is 130 Å².